The van der Waals surface area contributed by atoms with Gasteiger partial charge in [0.05, 0.1) is 6.61 Å². The van der Waals surface area contributed by atoms with E-state index in [1.165, 1.54) is 12.1 Å². The summed E-state index contributed by atoms with van der Waals surface area (Å²) in [6.07, 6.45) is 4.01. The Hall–Kier alpha value is -3.65. The van der Waals surface area contributed by atoms with Crippen molar-refractivity contribution < 1.29 is 18.3 Å². The number of aromatic nitrogens is 3. The van der Waals surface area contributed by atoms with E-state index in [0.717, 1.165) is 11.6 Å². The third-order valence-corrected chi connectivity index (χ3v) is 4.93. The first-order valence-corrected chi connectivity index (χ1v) is 10.1. The predicted molar refractivity (Wildman–Crippen MR) is 120 cm³/mol. The highest BCUT2D eigenvalue weighted by atomic mass is 19.2. The van der Waals surface area contributed by atoms with Crippen molar-refractivity contribution in [2.75, 3.05) is 32.7 Å². The second-order valence-corrected chi connectivity index (χ2v) is 7.05. The lowest BCUT2D eigenvalue weighted by Gasteiger charge is -2.15. The summed E-state index contributed by atoms with van der Waals surface area (Å²) in [6, 6.07) is 11.2. The zero-order chi connectivity index (χ0) is 22.5. The van der Waals surface area contributed by atoms with Crippen LogP contribution in [0.25, 0.3) is 33.4 Å². The SMILES string of the molecule is CNc1nc(-c2cccnc2)nc2c(OCCCOC)cc(-c3cccc(F)c3F)cc12. The Morgan fingerprint density at radius 1 is 1.00 bits per heavy atom. The second-order valence-electron chi connectivity index (χ2n) is 7.05. The lowest BCUT2D eigenvalue weighted by Crippen LogP contribution is -2.05. The number of nitrogens with one attached hydrogen (secondary N) is 1. The van der Waals surface area contributed by atoms with Crippen LogP contribution in [0.15, 0.2) is 54.9 Å². The second kappa shape index (κ2) is 9.65. The van der Waals surface area contributed by atoms with Crippen molar-refractivity contribution in [3.8, 4) is 28.3 Å². The van der Waals surface area contributed by atoms with E-state index in [1.807, 2.05) is 6.07 Å². The van der Waals surface area contributed by atoms with Crippen LogP contribution in [0, 0.1) is 11.6 Å². The molecule has 4 rings (SSSR count). The van der Waals surface area contributed by atoms with Crippen LogP contribution in [0.5, 0.6) is 5.75 Å². The molecule has 0 spiro atoms. The average Bonchev–Trinajstić information content (AvgIpc) is 2.83. The van der Waals surface area contributed by atoms with Crippen molar-refractivity contribution in [3.63, 3.8) is 0 Å². The van der Waals surface area contributed by atoms with Crippen molar-refractivity contribution in [2.45, 2.75) is 6.42 Å². The molecule has 164 valence electrons. The van der Waals surface area contributed by atoms with Gasteiger partial charge >= 0.3 is 0 Å². The molecule has 0 radical (unpaired) electrons. The molecule has 0 fully saturated rings. The first-order valence-electron chi connectivity index (χ1n) is 10.1. The van der Waals surface area contributed by atoms with Gasteiger partial charge in [0.2, 0.25) is 0 Å². The van der Waals surface area contributed by atoms with Crippen LogP contribution in [-0.4, -0.2) is 42.3 Å². The number of anilines is 1. The zero-order valence-corrected chi connectivity index (χ0v) is 17.7. The first kappa shape index (κ1) is 21.6. The minimum atomic E-state index is -0.920. The minimum Gasteiger partial charge on any atom is -0.491 e. The molecule has 0 saturated heterocycles. The monoisotopic (exact) mass is 436 g/mol. The van der Waals surface area contributed by atoms with Crippen LogP contribution < -0.4 is 10.1 Å². The van der Waals surface area contributed by atoms with Gasteiger partial charge in [0, 0.05) is 56.1 Å². The van der Waals surface area contributed by atoms with Crippen molar-refractivity contribution in [1.82, 2.24) is 15.0 Å². The van der Waals surface area contributed by atoms with E-state index in [-0.39, 0.29) is 5.56 Å². The van der Waals surface area contributed by atoms with Crippen molar-refractivity contribution in [3.05, 3.63) is 66.5 Å². The molecule has 0 aliphatic heterocycles. The number of rotatable bonds is 8. The maximum atomic E-state index is 14.6. The van der Waals surface area contributed by atoms with Gasteiger partial charge in [0.1, 0.15) is 17.1 Å². The lowest BCUT2D eigenvalue weighted by molar-refractivity contribution is 0.172. The number of benzene rings is 2. The Balaban J connectivity index is 1.91. The zero-order valence-electron chi connectivity index (χ0n) is 17.7. The van der Waals surface area contributed by atoms with Gasteiger partial charge in [-0.05, 0) is 35.9 Å². The lowest BCUT2D eigenvalue weighted by atomic mass is 10.0. The Morgan fingerprint density at radius 2 is 1.88 bits per heavy atom. The minimum absolute atomic E-state index is 0.132. The number of hydrogen-bond acceptors (Lipinski definition) is 6. The molecule has 1 N–H and O–H groups in total. The van der Waals surface area contributed by atoms with E-state index in [9.17, 15) is 8.78 Å². The third kappa shape index (κ3) is 4.36. The number of pyridine rings is 1. The van der Waals surface area contributed by atoms with Gasteiger partial charge in [0.15, 0.2) is 17.5 Å². The topological polar surface area (TPSA) is 69.2 Å². The van der Waals surface area contributed by atoms with Crippen LogP contribution in [0.2, 0.25) is 0 Å². The van der Waals surface area contributed by atoms with Gasteiger partial charge < -0.3 is 14.8 Å². The first-order chi connectivity index (χ1) is 15.6. The van der Waals surface area contributed by atoms with E-state index in [0.29, 0.717) is 53.5 Å². The largest absolute Gasteiger partial charge is 0.491 e. The molecule has 8 heteroatoms. The molecule has 2 heterocycles. The molecule has 0 amide bonds. The van der Waals surface area contributed by atoms with E-state index in [4.69, 9.17) is 14.5 Å². The average molecular weight is 436 g/mol. The van der Waals surface area contributed by atoms with Gasteiger partial charge in [-0.25, -0.2) is 18.7 Å². The molecule has 32 heavy (non-hydrogen) atoms. The van der Waals surface area contributed by atoms with Gasteiger partial charge in [-0.15, -0.1) is 0 Å². The van der Waals surface area contributed by atoms with Crippen LogP contribution >= 0.6 is 0 Å². The molecule has 6 nitrogen and oxygen atoms in total. The summed E-state index contributed by atoms with van der Waals surface area (Å²) in [4.78, 5) is 13.5. The fourth-order valence-corrected chi connectivity index (χ4v) is 3.39. The van der Waals surface area contributed by atoms with Gasteiger partial charge in [-0.2, -0.15) is 0 Å². The van der Waals surface area contributed by atoms with Crippen molar-refractivity contribution in [1.29, 1.82) is 0 Å². The smallest absolute Gasteiger partial charge is 0.166 e. The molecule has 2 aromatic carbocycles. The quantitative estimate of drug-likeness (QED) is 0.388. The highest BCUT2D eigenvalue weighted by molar-refractivity contribution is 5.97. The highest BCUT2D eigenvalue weighted by Gasteiger charge is 2.18. The Morgan fingerprint density at radius 3 is 2.62 bits per heavy atom. The van der Waals surface area contributed by atoms with Crippen LogP contribution in [0.3, 0.4) is 0 Å². The molecular weight excluding hydrogens is 414 g/mol. The normalized spacial score (nSPS) is 11.0. The Bertz CT molecular complexity index is 1240. The van der Waals surface area contributed by atoms with E-state index >= 15 is 0 Å². The summed E-state index contributed by atoms with van der Waals surface area (Å²) >= 11 is 0. The van der Waals surface area contributed by atoms with E-state index < -0.39 is 11.6 Å². The summed E-state index contributed by atoms with van der Waals surface area (Å²) in [5.74, 6) is -0.379. The standard InChI is InChI=1S/C24H22F2N4O2/c1-27-24-18-12-16(17-7-3-8-19(25)21(17)26)13-20(32-11-5-10-31-2)22(18)29-23(30-24)15-6-4-9-28-14-15/h3-4,6-9,12-14H,5,10-11H2,1-2H3,(H,27,29,30). The van der Waals surface area contributed by atoms with Crippen LogP contribution in [0.4, 0.5) is 14.6 Å². The molecule has 2 aromatic heterocycles. The summed E-state index contributed by atoms with van der Waals surface area (Å²) in [5, 5.41) is 3.70. The van der Waals surface area contributed by atoms with Gasteiger partial charge in [0.25, 0.3) is 0 Å². The molecule has 0 bridgehead atoms. The summed E-state index contributed by atoms with van der Waals surface area (Å²) in [6.45, 7) is 0.910. The van der Waals surface area contributed by atoms with Crippen molar-refractivity contribution >= 4 is 16.7 Å². The van der Waals surface area contributed by atoms with E-state index in [1.54, 1.807) is 44.8 Å². The maximum Gasteiger partial charge on any atom is 0.166 e. The number of fused-ring (bicyclic) bond motifs is 1. The fraction of sp³-hybridized carbons (Fsp3) is 0.208. The predicted octanol–water partition coefficient (Wildman–Crippen LogP) is 5.09. The Labute approximate surface area is 184 Å². The maximum absolute atomic E-state index is 14.6. The molecule has 0 saturated carbocycles. The summed E-state index contributed by atoms with van der Waals surface area (Å²) in [7, 11) is 3.36. The number of ether oxygens (including phenoxy) is 2. The molecular formula is C24H22F2N4O2. The number of hydrogen-bond donors (Lipinski definition) is 1. The third-order valence-electron chi connectivity index (χ3n) is 4.93. The van der Waals surface area contributed by atoms with E-state index in [2.05, 4.69) is 15.3 Å². The van der Waals surface area contributed by atoms with Crippen LogP contribution in [0.1, 0.15) is 6.42 Å². The Kier molecular flexibility index (Phi) is 6.51. The van der Waals surface area contributed by atoms with Gasteiger partial charge in [-0.1, -0.05) is 12.1 Å². The molecule has 4 aromatic rings. The van der Waals surface area contributed by atoms with Crippen LogP contribution in [-0.2, 0) is 4.74 Å². The highest BCUT2D eigenvalue weighted by Crippen LogP contribution is 2.37. The molecule has 0 aliphatic carbocycles. The number of halogens is 2. The number of methoxy groups -OCH3 is 1. The molecule has 0 unspecified atom stereocenters. The van der Waals surface area contributed by atoms with Gasteiger partial charge in [-0.3, -0.25) is 4.98 Å². The molecule has 0 aliphatic rings. The molecule has 0 atom stereocenters. The summed E-state index contributed by atoms with van der Waals surface area (Å²) < 4.78 is 39.5. The van der Waals surface area contributed by atoms with Crippen molar-refractivity contribution in [2.24, 2.45) is 0 Å². The summed E-state index contributed by atoms with van der Waals surface area (Å²) in [5.41, 5.74) is 1.90. The fourth-order valence-electron chi connectivity index (χ4n) is 3.39. The number of nitrogens with zero attached hydrogens (tertiary/aromatic N) is 3.